The molecule has 9 nitrogen and oxygen atoms in total. The van der Waals surface area contributed by atoms with Gasteiger partial charge in [0.25, 0.3) is 5.56 Å². The monoisotopic (exact) mass is 428 g/mol. The molecule has 5 rings (SSSR count). The molecule has 0 saturated carbocycles. The maximum atomic E-state index is 13.5. The van der Waals surface area contributed by atoms with Crippen molar-refractivity contribution in [2.75, 3.05) is 31.1 Å². The number of rotatable bonds is 4. The van der Waals surface area contributed by atoms with Crippen LogP contribution < -0.4 is 15.8 Å². The Hall–Kier alpha value is -3.77. The molecule has 0 aliphatic carbocycles. The summed E-state index contributed by atoms with van der Waals surface area (Å²) in [5.74, 6) is 7.32. The van der Waals surface area contributed by atoms with Gasteiger partial charge in [-0.3, -0.25) is 9.36 Å². The molecule has 1 aliphatic heterocycles. The zero-order valence-electron chi connectivity index (χ0n) is 18.2. The fourth-order valence-corrected chi connectivity index (χ4v) is 4.10. The summed E-state index contributed by atoms with van der Waals surface area (Å²) in [4.78, 5) is 29.6. The quantitative estimate of drug-likeness (QED) is 0.490. The number of imidazole rings is 1. The fourth-order valence-electron chi connectivity index (χ4n) is 4.10. The molecule has 0 amide bonds. The summed E-state index contributed by atoms with van der Waals surface area (Å²) in [5.41, 5.74) is 2.60. The zero-order chi connectivity index (χ0) is 22.1. The number of aromatic nitrogens is 6. The number of hydrogen-bond acceptors (Lipinski definition) is 7. The summed E-state index contributed by atoms with van der Waals surface area (Å²) in [6.07, 6.45) is 1.65. The molecular formula is C23H24N8O. The van der Waals surface area contributed by atoms with Crippen molar-refractivity contribution in [2.24, 2.45) is 0 Å². The zero-order valence-corrected chi connectivity index (χ0v) is 18.2. The molecule has 32 heavy (non-hydrogen) atoms. The minimum atomic E-state index is -0.219. The van der Waals surface area contributed by atoms with Crippen molar-refractivity contribution in [3.63, 3.8) is 0 Å². The van der Waals surface area contributed by atoms with Crippen LogP contribution in [-0.2, 0) is 13.1 Å². The van der Waals surface area contributed by atoms with E-state index < -0.39 is 0 Å². The lowest BCUT2D eigenvalue weighted by Crippen LogP contribution is -2.44. The Balaban J connectivity index is 1.59. The van der Waals surface area contributed by atoms with Crippen LogP contribution in [0.25, 0.3) is 21.9 Å². The highest BCUT2D eigenvalue weighted by Crippen LogP contribution is 2.20. The van der Waals surface area contributed by atoms with Crippen molar-refractivity contribution in [1.82, 2.24) is 34.6 Å². The van der Waals surface area contributed by atoms with Crippen molar-refractivity contribution in [2.45, 2.75) is 26.9 Å². The number of piperazine rings is 1. The Morgan fingerprint density at radius 2 is 1.91 bits per heavy atom. The van der Waals surface area contributed by atoms with E-state index >= 15 is 0 Å². The van der Waals surface area contributed by atoms with Crippen LogP contribution in [0.4, 0.5) is 5.95 Å². The summed E-state index contributed by atoms with van der Waals surface area (Å²) in [6.45, 7) is 7.75. The molecule has 4 aromatic rings. The summed E-state index contributed by atoms with van der Waals surface area (Å²) in [6, 6.07) is 7.86. The van der Waals surface area contributed by atoms with E-state index in [0.29, 0.717) is 23.4 Å². The van der Waals surface area contributed by atoms with Crippen LogP contribution in [0.5, 0.6) is 0 Å². The fraction of sp³-hybridized carbons (Fsp3) is 0.348. The van der Waals surface area contributed by atoms with Crippen LogP contribution in [-0.4, -0.2) is 55.5 Å². The van der Waals surface area contributed by atoms with E-state index in [-0.39, 0.29) is 12.1 Å². The van der Waals surface area contributed by atoms with E-state index in [1.54, 1.807) is 13.1 Å². The molecule has 0 spiro atoms. The molecule has 1 aliphatic rings. The van der Waals surface area contributed by atoms with Gasteiger partial charge in [-0.1, -0.05) is 24.1 Å². The maximum Gasteiger partial charge on any atom is 0.293 e. The van der Waals surface area contributed by atoms with E-state index in [9.17, 15) is 4.79 Å². The summed E-state index contributed by atoms with van der Waals surface area (Å²) >= 11 is 0. The van der Waals surface area contributed by atoms with Crippen LogP contribution in [0.2, 0.25) is 0 Å². The number of aryl methyl sites for hydroxylation is 1. The first-order valence-corrected chi connectivity index (χ1v) is 10.7. The van der Waals surface area contributed by atoms with E-state index in [1.807, 2.05) is 35.8 Å². The predicted octanol–water partition coefficient (Wildman–Crippen LogP) is 1.33. The molecular weight excluding hydrogens is 404 g/mol. The maximum absolute atomic E-state index is 13.5. The number of hydrogen-bond donors (Lipinski definition) is 1. The molecule has 162 valence electrons. The van der Waals surface area contributed by atoms with Crippen molar-refractivity contribution in [1.29, 1.82) is 0 Å². The minimum absolute atomic E-state index is 0.189. The first kappa shape index (κ1) is 20.2. The highest BCUT2D eigenvalue weighted by Gasteiger charge is 2.22. The summed E-state index contributed by atoms with van der Waals surface area (Å²) in [7, 11) is 0. The molecule has 0 radical (unpaired) electrons. The van der Waals surface area contributed by atoms with Gasteiger partial charge in [0.05, 0.1) is 18.3 Å². The normalized spacial score (nSPS) is 14.0. The highest BCUT2D eigenvalue weighted by atomic mass is 16.1. The molecule has 0 bridgehead atoms. The van der Waals surface area contributed by atoms with Gasteiger partial charge in [0, 0.05) is 37.3 Å². The molecule has 0 unspecified atom stereocenters. The van der Waals surface area contributed by atoms with Gasteiger partial charge in [-0.15, -0.1) is 5.92 Å². The molecule has 4 heterocycles. The SMILES string of the molecule is CC#CCn1c(N2CCNCC2)nc2cnn(Cc3nc(C)c4ccccc4n3)c(=O)c21. The van der Waals surface area contributed by atoms with Crippen LogP contribution in [0.15, 0.2) is 35.3 Å². The van der Waals surface area contributed by atoms with Gasteiger partial charge in [0.1, 0.15) is 17.6 Å². The van der Waals surface area contributed by atoms with Crippen LogP contribution in [0, 0.1) is 18.8 Å². The predicted molar refractivity (Wildman–Crippen MR) is 124 cm³/mol. The van der Waals surface area contributed by atoms with Gasteiger partial charge in [0.15, 0.2) is 5.82 Å². The van der Waals surface area contributed by atoms with Gasteiger partial charge in [-0.25, -0.2) is 19.6 Å². The van der Waals surface area contributed by atoms with Crippen molar-refractivity contribution in [3.8, 4) is 11.8 Å². The number of nitrogens with zero attached hydrogens (tertiary/aromatic N) is 7. The lowest BCUT2D eigenvalue weighted by atomic mass is 10.2. The highest BCUT2D eigenvalue weighted by molar-refractivity contribution is 5.80. The van der Waals surface area contributed by atoms with Gasteiger partial charge in [-0.2, -0.15) is 5.10 Å². The molecule has 0 atom stereocenters. The first-order chi connectivity index (χ1) is 15.7. The Morgan fingerprint density at radius 3 is 2.72 bits per heavy atom. The first-order valence-electron chi connectivity index (χ1n) is 10.7. The molecule has 1 aromatic carbocycles. The molecule has 1 N–H and O–H groups in total. The Morgan fingerprint density at radius 1 is 1.09 bits per heavy atom. The average Bonchev–Trinajstić information content (AvgIpc) is 3.19. The van der Waals surface area contributed by atoms with E-state index in [4.69, 9.17) is 4.98 Å². The topological polar surface area (TPSA) is 93.8 Å². The third kappa shape index (κ3) is 3.59. The third-order valence-electron chi connectivity index (χ3n) is 5.68. The smallest absolute Gasteiger partial charge is 0.293 e. The molecule has 3 aromatic heterocycles. The number of nitrogens with one attached hydrogen (secondary N) is 1. The summed E-state index contributed by atoms with van der Waals surface area (Å²) < 4.78 is 3.31. The van der Waals surface area contributed by atoms with Gasteiger partial charge in [-0.05, 0) is 19.9 Å². The number of fused-ring (bicyclic) bond motifs is 2. The number of benzene rings is 1. The summed E-state index contributed by atoms with van der Waals surface area (Å²) in [5, 5.41) is 8.72. The molecule has 1 saturated heterocycles. The largest absolute Gasteiger partial charge is 0.340 e. The van der Waals surface area contributed by atoms with E-state index in [2.05, 4.69) is 37.1 Å². The standard InChI is InChI=1S/C23H24N8O/c1-3-4-11-30-21-19(28-23(30)29-12-9-24-10-13-29)14-25-31(22(21)32)15-20-26-16(2)17-7-5-6-8-18(17)27-20/h5-8,14,24H,9-13,15H2,1-2H3. The van der Waals surface area contributed by atoms with Gasteiger partial charge < -0.3 is 10.2 Å². The Labute approximate surface area is 185 Å². The van der Waals surface area contributed by atoms with Crippen molar-refractivity contribution >= 4 is 27.9 Å². The minimum Gasteiger partial charge on any atom is -0.340 e. The van der Waals surface area contributed by atoms with Gasteiger partial charge in [0.2, 0.25) is 5.95 Å². The Kier molecular flexibility index (Phi) is 5.29. The van der Waals surface area contributed by atoms with E-state index in [1.165, 1.54) is 4.68 Å². The van der Waals surface area contributed by atoms with Crippen molar-refractivity contribution < 1.29 is 0 Å². The second kappa shape index (κ2) is 8.40. The van der Waals surface area contributed by atoms with Crippen LogP contribution >= 0.6 is 0 Å². The molecule has 1 fully saturated rings. The number of para-hydroxylation sites is 1. The number of anilines is 1. The lowest BCUT2D eigenvalue weighted by molar-refractivity contribution is 0.572. The lowest BCUT2D eigenvalue weighted by Gasteiger charge is -2.28. The third-order valence-corrected chi connectivity index (χ3v) is 5.68. The second-order valence-electron chi connectivity index (χ2n) is 7.75. The Bertz CT molecular complexity index is 1420. The van der Waals surface area contributed by atoms with Crippen LogP contribution in [0.1, 0.15) is 18.4 Å². The second-order valence-corrected chi connectivity index (χ2v) is 7.75. The van der Waals surface area contributed by atoms with Crippen LogP contribution in [0.3, 0.4) is 0 Å². The molecule has 9 heteroatoms. The van der Waals surface area contributed by atoms with Crippen molar-refractivity contribution in [3.05, 3.63) is 52.3 Å². The van der Waals surface area contributed by atoms with Gasteiger partial charge >= 0.3 is 0 Å². The average molecular weight is 429 g/mol. The van der Waals surface area contributed by atoms with E-state index in [0.717, 1.165) is 48.7 Å².